The van der Waals surface area contributed by atoms with Gasteiger partial charge in [-0.25, -0.2) is 0 Å². The fraction of sp³-hybridized carbons (Fsp3) is 0.938. The molecule has 1 saturated carbocycles. The molecule has 1 aliphatic carbocycles. The summed E-state index contributed by atoms with van der Waals surface area (Å²) in [5.74, 6) is 1.67. The van der Waals surface area contributed by atoms with Crippen LogP contribution in [0, 0.1) is 17.8 Å². The molecule has 110 valence electrons. The number of hydrogen-bond donors (Lipinski definition) is 1. The third kappa shape index (κ3) is 3.95. The zero-order chi connectivity index (χ0) is 13.7. The Morgan fingerprint density at radius 2 is 1.95 bits per heavy atom. The van der Waals surface area contributed by atoms with Gasteiger partial charge in [0, 0.05) is 31.5 Å². The normalized spacial score (nSPS) is 26.6. The van der Waals surface area contributed by atoms with Crippen molar-refractivity contribution in [1.82, 2.24) is 4.90 Å². The van der Waals surface area contributed by atoms with E-state index in [0.29, 0.717) is 11.8 Å². The molecule has 0 radical (unpaired) electrons. The van der Waals surface area contributed by atoms with Crippen LogP contribution in [0.25, 0.3) is 0 Å². The van der Waals surface area contributed by atoms with Gasteiger partial charge in [-0.2, -0.15) is 0 Å². The molecule has 2 aliphatic rings. The third-order valence-electron chi connectivity index (χ3n) is 5.04. The smallest absolute Gasteiger partial charge is 0.225 e. The van der Waals surface area contributed by atoms with Crippen LogP contribution < -0.4 is 0 Å². The second-order valence-electron chi connectivity index (χ2n) is 6.47. The Morgan fingerprint density at radius 3 is 2.53 bits per heavy atom. The molecule has 0 aromatic heterocycles. The van der Waals surface area contributed by atoms with Gasteiger partial charge in [0.05, 0.1) is 0 Å². The summed E-state index contributed by atoms with van der Waals surface area (Å²) in [6, 6.07) is 0. The van der Waals surface area contributed by atoms with Gasteiger partial charge in [0.2, 0.25) is 5.91 Å². The summed E-state index contributed by atoms with van der Waals surface area (Å²) in [5.41, 5.74) is 0. The molecule has 1 amide bonds. The molecule has 2 rings (SSSR count). The van der Waals surface area contributed by atoms with E-state index in [1.165, 1.54) is 32.1 Å². The lowest BCUT2D eigenvalue weighted by Gasteiger charge is -2.28. The average Bonchev–Trinajstić information content (AvgIpc) is 2.94. The Hall–Kier alpha value is -0.570. The summed E-state index contributed by atoms with van der Waals surface area (Å²) in [7, 11) is 0. The van der Waals surface area contributed by atoms with Crippen molar-refractivity contribution >= 4 is 5.91 Å². The standard InChI is InChI=1S/C16H29NO2/c1-2-15(10-13-6-4-3-5-7-13)16(19)17-9-8-14(11-17)12-18/h13-15,18H,2-12H2,1H3. The number of aliphatic hydroxyl groups excluding tert-OH is 1. The molecule has 19 heavy (non-hydrogen) atoms. The van der Waals surface area contributed by atoms with Crippen molar-refractivity contribution in [1.29, 1.82) is 0 Å². The Morgan fingerprint density at radius 1 is 1.21 bits per heavy atom. The number of hydrogen-bond acceptors (Lipinski definition) is 2. The molecule has 1 aliphatic heterocycles. The van der Waals surface area contributed by atoms with Crippen molar-refractivity contribution in [2.75, 3.05) is 19.7 Å². The fourth-order valence-corrected chi connectivity index (χ4v) is 3.71. The molecule has 0 aromatic carbocycles. The van der Waals surface area contributed by atoms with E-state index in [9.17, 15) is 9.90 Å². The lowest BCUT2D eigenvalue weighted by molar-refractivity contribution is -0.135. The summed E-state index contributed by atoms with van der Waals surface area (Å²) in [4.78, 5) is 14.6. The SMILES string of the molecule is CCC(CC1CCCCC1)C(=O)N1CCC(CO)C1. The number of nitrogens with zero attached hydrogens (tertiary/aromatic N) is 1. The summed E-state index contributed by atoms with van der Waals surface area (Å²) in [5, 5.41) is 9.18. The summed E-state index contributed by atoms with van der Waals surface area (Å²) in [6.07, 6.45) is 9.77. The van der Waals surface area contributed by atoms with Crippen molar-refractivity contribution in [3.05, 3.63) is 0 Å². The molecule has 2 atom stereocenters. The highest BCUT2D eigenvalue weighted by atomic mass is 16.3. The second kappa shape index (κ2) is 7.28. The molecule has 3 nitrogen and oxygen atoms in total. The van der Waals surface area contributed by atoms with Crippen LogP contribution in [0.15, 0.2) is 0 Å². The lowest BCUT2D eigenvalue weighted by atomic mass is 9.81. The van der Waals surface area contributed by atoms with Crippen molar-refractivity contribution in [2.24, 2.45) is 17.8 Å². The maximum Gasteiger partial charge on any atom is 0.225 e. The molecule has 1 N–H and O–H groups in total. The average molecular weight is 267 g/mol. The first-order valence-electron chi connectivity index (χ1n) is 8.14. The van der Waals surface area contributed by atoms with Crippen molar-refractivity contribution in [3.63, 3.8) is 0 Å². The van der Waals surface area contributed by atoms with Crippen molar-refractivity contribution < 1.29 is 9.90 Å². The number of rotatable bonds is 5. The molecular formula is C16H29NO2. The van der Waals surface area contributed by atoms with Gasteiger partial charge in [0.25, 0.3) is 0 Å². The zero-order valence-electron chi connectivity index (χ0n) is 12.3. The first-order chi connectivity index (χ1) is 9.24. The van der Waals surface area contributed by atoms with Gasteiger partial charge < -0.3 is 10.0 Å². The minimum atomic E-state index is 0.223. The molecular weight excluding hydrogens is 238 g/mol. The molecule has 2 unspecified atom stereocenters. The van der Waals surface area contributed by atoms with Crippen LogP contribution in [0.5, 0.6) is 0 Å². The summed E-state index contributed by atoms with van der Waals surface area (Å²) in [6.45, 7) is 4.00. The van der Waals surface area contributed by atoms with Gasteiger partial charge in [0.1, 0.15) is 0 Å². The second-order valence-corrected chi connectivity index (χ2v) is 6.47. The number of aliphatic hydroxyl groups is 1. The largest absolute Gasteiger partial charge is 0.396 e. The van der Waals surface area contributed by atoms with Gasteiger partial charge in [0.15, 0.2) is 0 Å². The Labute approximate surface area is 117 Å². The van der Waals surface area contributed by atoms with Crippen LogP contribution in [0.3, 0.4) is 0 Å². The van der Waals surface area contributed by atoms with E-state index in [1.54, 1.807) is 0 Å². The van der Waals surface area contributed by atoms with E-state index in [0.717, 1.165) is 38.3 Å². The Balaban J connectivity index is 1.84. The molecule has 0 aromatic rings. The monoisotopic (exact) mass is 267 g/mol. The first kappa shape index (κ1) is 14.8. The van der Waals surface area contributed by atoms with Gasteiger partial charge in [-0.15, -0.1) is 0 Å². The number of amides is 1. The molecule has 1 saturated heterocycles. The molecule has 0 bridgehead atoms. The Bertz CT molecular complexity index is 286. The summed E-state index contributed by atoms with van der Waals surface area (Å²) >= 11 is 0. The highest BCUT2D eigenvalue weighted by Gasteiger charge is 2.31. The minimum Gasteiger partial charge on any atom is -0.396 e. The highest BCUT2D eigenvalue weighted by Crippen LogP contribution is 2.31. The van der Waals surface area contributed by atoms with E-state index in [2.05, 4.69) is 6.92 Å². The number of likely N-dealkylation sites (tertiary alicyclic amines) is 1. The zero-order valence-corrected chi connectivity index (χ0v) is 12.3. The topological polar surface area (TPSA) is 40.5 Å². The van der Waals surface area contributed by atoms with E-state index >= 15 is 0 Å². The predicted molar refractivity (Wildman–Crippen MR) is 76.7 cm³/mol. The maximum atomic E-state index is 12.6. The van der Waals surface area contributed by atoms with Gasteiger partial charge >= 0.3 is 0 Å². The molecule has 3 heteroatoms. The van der Waals surface area contributed by atoms with Crippen LogP contribution >= 0.6 is 0 Å². The van der Waals surface area contributed by atoms with Crippen LogP contribution in [-0.4, -0.2) is 35.6 Å². The van der Waals surface area contributed by atoms with Crippen molar-refractivity contribution in [2.45, 2.75) is 58.3 Å². The summed E-state index contributed by atoms with van der Waals surface area (Å²) < 4.78 is 0. The van der Waals surface area contributed by atoms with Gasteiger partial charge in [-0.05, 0) is 25.2 Å². The van der Waals surface area contributed by atoms with Crippen LogP contribution in [0.4, 0.5) is 0 Å². The van der Waals surface area contributed by atoms with Crippen LogP contribution in [0.2, 0.25) is 0 Å². The van der Waals surface area contributed by atoms with Gasteiger partial charge in [-0.1, -0.05) is 39.0 Å². The molecule has 2 fully saturated rings. The molecule has 0 spiro atoms. The van der Waals surface area contributed by atoms with E-state index in [4.69, 9.17) is 0 Å². The fourth-order valence-electron chi connectivity index (χ4n) is 3.71. The third-order valence-corrected chi connectivity index (χ3v) is 5.04. The Kier molecular flexibility index (Phi) is 5.68. The maximum absolute atomic E-state index is 12.6. The number of carbonyl (C=O) groups excluding carboxylic acids is 1. The quantitative estimate of drug-likeness (QED) is 0.832. The highest BCUT2D eigenvalue weighted by molar-refractivity contribution is 5.79. The lowest BCUT2D eigenvalue weighted by Crippen LogP contribution is -2.35. The molecule has 1 heterocycles. The van der Waals surface area contributed by atoms with Crippen molar-refractivity contribution in [3.8, 4) is 0 Å². The predicted octanol–water partition coefficient (Wildman–Crippen LogP) is 2.82. The first-order valence-corrected chi connectivity index (χ1v) is 8.14. The van der Waals surface area contributed by atoms with Crippen LogP contribution in [-0.2, 0) is 4.79 Å². The number of carbonyl (C=O) groups is 1. The van der Waals surface area contributed by atoms with Gasteiger partial charge in [-0.3, -0.25) is 4.79 Å². The minimum absolute atomic E-state index is 0.223. The van der Waals surface area contributed by atoms with E-state index < -0.39 is 0 Å². The van der Waals surface area contributed by atoms with E-state index in [-0.39, 0.29) is 12.5 Å². The van der Waals surface area contributed by atoms with Crippen LogP contribution in [0.1, 0.15) is 58.3 Å². The van der Waals surface area contributed by atoms with E-state index in [1.807, 2.05) is 4.90 Å².